The highest BCUT2D eigenvalue weighted by Gasteiger charge is 2.36. The maximum Gasteiger partial charge on any atom is 0.337 e. The van der Waals surface area contributed by atoms with E-state index in [-0.39, 0.29) is 6.04 Å². The predicted molar refractivity (Wildman–Crippen MR) is 103 cm³/mol. The zero-order valence-corrected chi connectivity index (χ0v) is 16.8. The lowest BCUT2D eigenvalue weighted by molar-refractivity contribution is -0.136. The van der Waals surface area contributed by atoms with Crippen LogP contribution in [0.3, 0.4) is 0 Å². The first-order valence-electron chi connectivity index (χ1n) is 7.64. The minimum absolute atomic E-state index is 0.0422. The van der Waals surface area contributed by atoms with Crippen molar-refractivity contribution in [3.05, 3.63) is 45.1 Å². The second kappa shape index (κ2) is 8.36. The summed E-state index contributed by atoms with van der Waals surface area (Å²) >= 11 is 17.7. The van der Waals surface area contributed by atoms with Crippen LogP contribution in [0.1, 0.15) is 25.5 Å². The van der Waals surface area contributed by atoms with Crippen molar-refractivity contribution in [3.63, 3.8) is 0 Å². The Morgan fingerprint density at radius 2 is 2.04 bits per heavy atom. The van der Waals surface area contributed by atoms with Gasteiger partial charge in [-0.15, -0.1) is 0 Å². The average Bonchev–Trinajstić information content (AvgIpc) is 2.56. The third-order valence-electron chi connectivity index (χ3n) is 4.06. The molecule has 0 saturated heterocycles. The molecule has 0 aromatic heterocycles. The lowest BCUT2D eigenvalue weighted by Crippen LogP contribution is -2.52. The lowest BCUT2D eigenvalue weighted by atomic mass is 9.94. The van der Waals surface area contributed by atoms with E-state index in [0.717, 1.165) is 11.3 Å². The molecule has 5 nitrogen and oxygen atoms in total. The molecule has 136 valence electrons. The molecule has 0 radical (unpaired) electrons. The molecule has 1 aliphatic rings. The number of benzene rings is 1. The van der Waals surface area contributed by atoms with Gasteiger partial charge in [-0.2, -0.15) is 0 Å². The molecular formula is C17H20Cl2N2O3S. The van der Waals surface area contributed by atoms with Crippen molar-refractivity contribution in [2.24, 2.45) is 0 Å². The summed E-state index contributed by atoms with van der Waals surface area (Å²) in [5.74, 6) is -0.432. The maximum absolute atomic E-state index is 12.5. The molecule has 8 heteroatoms. The number of rotatable bonds is 5. The van der Waals surface area contributed by atoms with Crippen LogP contribution in [0, 0.1) is 0 Å². The van der Waals surface area contributed by atoms with Gasteiger partial charge in [-0.05, 0) is 43.8 Å². The maximum atomic E-state index is 12.5. The Balaban J connectivity index is 2.55. The molecule has 2 atom stereocenters. The Kier molecular flexibility index (Phi) is 6.68. The molecule has 0 unspecified atom stereocenters. The summed E-state index contributed by atoms with van der Waals surface area (Å²) in [6, 6.07) is 4.70. The van der Waals surface area contributed by atoms with E-state index in [4.69, 9.17) is 44.9 Å². The molecule has 0 bridgehead atoms. The summed E-state index contributed by atoms with van der Waals surface area (Å²) in [4.78, 5) is 14.3. The highest BCUT2D eigenvalue weighted by molar-refractivity contribution is 7.80. The van der Waals surface area contributed by atoms with Crippen LogP contribution < -0.4 is 5.32 Å². The number of hydrogen-bond acceptors (Lipinski definition) is 4. The number of carbonyl (C=O) groups is 1. The molecule has 1 N–H and O–H groups in total. The number of halogens is 2. The summed E-state index contributed by atoms with van der Waals surface area (Å²) in [6.45, 7) is 4.27. The van der Waals surface area contributed by atoms with E-state index in [2.05, 4.69) is 5.32 Å². The Bertz CT molecular complexity index is 724. The van der Waals surface area contributed by atoms with Crippen LogP contribution in [0.25, 0.3) is 0 Å². The van der Waals surface area contributed by atoms with Gasteiger partial charge in [0.05, 0.1) is 41.4 Å². The first-order valence-corrected chi connectivity index (χ1v) is 8.80. The van der Waals surface area contributed by atoms with Gasteiger partial charge in [0.2, 0.25) is 0 Å². The van der Waals surface area contributed by atoms with Crippen molar-refractivity contribution in [2.75, 3.05) is 20.8 Å². The zero-order chi connectivity index (χ0) is 18.7. The van der Waals surface area contributed by atoms with Crippen molar-refractivity contribution >= 4 is 46.5 Å². The quantitative estimate of drug-likeness (QED) is 0.598. The van der Waals surface area contributed by atoms with E-state index < -0.39 is 12.0 Å². The van der Waals surface area contributed by atoms with Gasteiger partial charge in [-0.25, -0.2) is 4.79 Å². The van der Waals surface area contributed by atoms with E-state index in [1.807, 2.05) is 18.7 Å². The van der Waals surface area contributed by atoms with Crippen LogP contribution >= 0.6 is 35.4 Å². The smallest absolute Gasteiger partial charge is 0.337 e. The molecule has 0 saturated carbocycles. The number of nitrogens with zero attached hydrogens (tertiary/aromatic N) is 1. The Labute approximate surface area is 162 Å². The first kappa shape index (κ1) is 20.0. The minimum Gasteiger partial charge on any atom is -0.466 e. The normalized spacial score (nSPS) is 18.9. The van der Waals surface area contributed by atoms with E-state index in [1.54, 1.807) is 25.3 Å². The monoisotopic (exact) mass is 402 g/mol. The van der Waals surface area contributed by atoms with Crippen LogP contribution in [0.5, 0.6) is 0 Å². The highest BCUT2D eigenvalue weighted by Crippen LogP contribution is 2.34. The SMILES string of the molecule is COC[C@H](C)N1C(=S)N[C@@H](c2ccc(Cl)c(Cl)c2)C(C(=O)OC)=C1C. The summed E-state index contributed by atoms with van der Waals surface area (Å²) in [7, 11) is 2.97. The Morgan fingerprint density at radius 3 is 2.60 bits per heavy atom. The van der Waals surface area contributed by atoms with Gasteiger partial charge >= 0.3 is 5.97 Å². The predicted octanol–water partition coefficient (Wildman–Crippen LogP) is 3.71. The van der Waals surface area contributed by atoms with Gasteiger partial charge in [0.25, 0.3) is 0 Å². The molecular weight excluding hydrogens is 383 g/mol. The van der Waals surface area contributed by atoms with Crippen molar-refractivity contribution < 1.29 is 14.3 Å². The van der Waals surface area contributed by atoms with Gasteiger partial charge in [0.1, 0.15) is 0 Å². The Morgan fingerprint density at radius 1 is 1.36 bits per heavy atom. The fourth-order valence-corrected chi connectivity index (χ4v) is 3.66. The van der Waals surface area contributed by atoms with E-state index >= 15 is 0 Å². The third-order valence-corrected chi connectivity index (χ3v) is 5.11. The zero-order valence-electron chi connectivity index (χ0n) is 14.4. The van der Waals surface area contributed by atoms with E-state index in [9.17, 15) is 4.79 Å². The van der Waals surface area contributed by atoms with E-state index in [0.29, 0.717) is 27.3 Å². The minimum atomic E-state index is -0.472. The first-order chi connectivity index (χ1) is 11.8. The number of ether oxygens (including phenoxy) is 2. The molecule has 2 rings (SSSR count). The molecule has 1 aromatic rings. The van der Waals surface area contributed by atoms with Gasteiger partial charge in [0, 0.05) is 12.8 Å². The van der Waals surface area contributed by atoms with Gasteiger partial charge in [-0.1, -0.05) is 29.3 Å². The van der Waals surface area contributed by atoms with Crippen molar-refractivity contribution in [3.8, 4) is 0 Å². The average molecular weight is 403 g/mol. The van der Waals surface area contributed by atoms with Crippen LogP contribution in [0.2, 0.25) is 10.0 Å². The summed E-state index contributed by atoms with van der Waals surface area (Å²) < 4.78 is 10.2. The van der Waals surface area contributed by atoms with E-state index in [1.165, 1.54) is 7.11 Å². The number of methoxy groups -OCH3 is 2. The number of nitrogens with one attached hydrogen (secondary N) is 1. The second-order valence-corrected chi connectivity index (χ2v) is 6.92. The molecule has 0 aliphatic carbocycles. The number of allylic oxidation sites excluding steroid dienone is 1. The third kappa shape index (κ3) is 4.08. The van der Waals surface area contributed by atoms with Gasteiger partial charge in [-0.3, -0.25) is 0 Å². The molecule has 0 fully saturated rings. The summed E-state index contributed by atoms with van der Waals surface area (Å²) in [5.41, 5.74) is 1.96. The van der Waals surface area contributed by atoms with Crippen LogP contribution in [0.4, 0.5) is 0 Å². The van der Waals surface area contributed by atoms with Gasteiger partial charge in [0.15, 0.2) is 5.11 Å². The Hall–Kier alpha value is -1.34. The largest absolute Gasteiger partial charge is 0.466 e. The van der Waals surface area contributed by atoms with Crippen molar-refractivity contribution in [1.82, 2.24) is 10.2 Å². The summed E-state index contributed by atoms with van der Waals surface area (Å²) in [6.07, 6.45) is 0. The number of thiocarbonyl (C=S) groups is 1. The standard InChI is InChI=1S/C17H20Cl2N2O3S/c1-9(8-23-3)21-10(2)14(16(22)24-4)15(20-17(21)25)11-5-6-12(18)13(19)7-11/h5-7,9,15H,8H2,1-4H3,(H,20,25)/t9-,15-/m0/s1. The topological polar surface area (TPSA) is 50.8 Å². The fourth-order valence-electron chi connectivity index (χ4n) is 2.92. The number of carbonyl (C=O) groups excluding carboxylic acids is 1. The van der Waals surface area contributed by atoms with Crippen molar-refractivity contribution in [2.45, 2.75) is 25.9 Å². The summed E-state index contributed by atoms with van der Waals surface area (Å²) in [5, 5.41) is 4.56. The molecule has 0 amide bonds. The molecule has 0 spiro atoms. The van der Waals surface area contributed by atoms with Gasteiger partial charge < -0.3 is 19.7 Å². The van der Waals surface area contributed by atoms with Crippen LogP contribution in [-0.4, -0.2) is 42.8 Å². The molecule has 1 heterocycles. The van der Waals surface area contributed by atoms with Crippen molar-refractivity contribution in [1.29, 1.82) is 0 Å². The lowest BCUT2D eigenvalue weighted by Gasteiger charge is -2.40. The number of esters is 1. The van der Waals surface area contributed by atoms with Crippen LogP contribution in [0.15, 0.2) is 29.5 Å². The molecule has 25 heavy (non-hydrogen) atoms. The van der Waals surface area contributed by atoms with Crippen LogP contribution in [-0.2, 0) is 14.3 Å². The highest BCUT2D eigenvalue weighted by atomic mass is 35.5. The molecule has 1 aliphatic heterocycles. The second-order valence-electron chi connectivity index (χ2n) is 5.72. The number of hydrogen-bond donors (Lipinski definition) is 1. The molecule has 1 aromatic carbocycles. The fraction of sp³-hybridized carbons (Fsp3) is 0.412.